The molecule has 0 saturated heterocycles. The van der Waals surface area contributed by atoms with Crippen LogP contribution in [0.3, 0.4) is 0 Å². The summed E-state index contributed by atoms with van der Waals surface area (Å²) >= 11 is 0. The number of ketones is 1. The summed E-state index contributed by atoms with van der Waals surface area (Å²) < 4.78 is 12.8. The van der Waals surface area contributed by atoms with Crippen molar-refractivity contribution in [2.24, 2.45) is 17.3 Å². The zero-order valence-electron chi connectivity index (χ0n) is 17.8. The average Bonchev–Trinajstić information content (AvgIpc) is 2.92. The van der Waals surface area contributed by atoms with Gasteiger partial charge in [-0.25, -0.2) is 0 Å². The number of ether oxygens (including phenoxy) is 2. The molecule has 1 heterocycles. The molecule has 0 amide bonds. The first-order valence-corrected chi connectivity index (χ1v) is 10.8. The fourth-order valence-electron chi connectivity index (χ4n) is 6.61. The van der Waals surface area contributed by atoms with Crippen molar-refractivity contribution in [2.45, 2.75) is 70.9 Å². The van der Waals surface area contributed by atoms with Gasteiger partial charge in [0.2, 0.25) is 5.78 Å². The number of hydrogen-bond donors (Lipinski definition) is 1. The third kappa shape index (κ3) is 3.77. The molecule has 4 bridgehead atoms. The smallest absolute Gasteiger partial charge is 0.312 e. The summed E-state index contributed by atoms with van der Waals surface area (Å²) in [4.78, 5) is 25.8. The van der Waals surface area contributed by atoms with E-state index in [0.29, 0.717) is 30.4 Å². The highest BCUT2D eigenvalue weighted by atomic mass is 16.5. The van der Waals surface area contributed by atoms with Gasteiger partial charge in [-0.1, -0.05) is 0 Å². The van der Waals surface area contributed by atoms with Gasteiger partial charge in [0.25, 0.3) is 0 Å². The van der Waals surface area contributed by atoms with Gasteiger partial charge in [0.15, 0.2) is 6.61 Å². The monoisotopic (exact) mass is 403 g/mol. The van der Waals surface area contributed by atoms with Gasteiger partial charge in [0, 0.05) is 37.2 Å². The number of aromatic nitrogens is 1. The number of carbonyl (C=O) groups is 2. The van der Waals surface area contributed by atoms with Crippen LogP contribution in [0.15, 0.2) is 6.07 Å². The highest BCUT2D eigenvalue weighted by Gasteiger charge is 2.60. The summed E-state index contributed by atoms with van der Waals surface area (Å²) in [5.41, 5.74) is 1.26. The Hall–Kier alpha value is -1.66. The number of rotatable bonds is 8. The molecule has 6 heteroatoms. The fourth-order valence-corrected chi connectivity index (χ4v) is 6.61. The van der Waals surface area contributed by atoms with Crippen molar-refractivity contribution in [3.05, 3.63) is 23.0 Å². The van der Waals surface area contributed by atoms with Gasteiger partial charge in [-0.3, -0.25) is 9.59 Å². The van der Waals surface area contributed by atoms with E-state index < -0.39 is 11.0 Å². The van der Waals surface area contributed by atoms with Gasteiger partial charge >= 0.3 is 5.97 Å². The lowest BCUT2D eigenvalue weighted by molar-refractivity contribution is -0.195. The Morgan fingerprint density at radius 3 is 2.52 bits per heavy atom. The lowest BCUT2D eigenvalue weighted by atomic mass is 9.48. The molecular formula is C23H33NO5. The van der Waals surface area contributed by atoms with E-state index in [1.807, 2.05) is 19.9 Å². The molecule has 5 rings (SSSR count). The normalized spacial score (nSPS) is 32.6. The van der Waals surface area contributed by atoms with E-state index in [-0.39, 0.29) is 18.4 Å². The molecule has 4 aliphatic rings. The molecule has 4 fully saturated rings. The van der Waals surface area contributed by atoms with Crippen LogP contribution >= 0.6 is 0 Å². The summed E-state index contributed by atoms with van der Waals surface area (Å²) in [5.74, 6) is 0.381. The Bertz CT molecular complexity index is 796. The quantitative estimate of drug-likeness (QED) is 0.410. The zero-order valence-corrected chi connectivity index (χ0v) is 17.8. The second kappa shape index (κ2) is 7.55. The molecule has 1 aromatic heterocycles. The SMILES string of the molecule is COCCCn1c(C)cc(C(=O)COC(=O)C23C[C@H]4C[C@@H](CC(O)(C4)C2)C3)c1C. The molecule has 6 nitrogen and oxygen atoms in total. The van der Waals surface area contributed by atoms with Crippen LogP contribution in [0.2, 0.25) is 0 Å². The van der Waals surface area contributed by atoms with Gasteiger partial charge in [-0.15, -0.1) is 0 Å². The largest absolute Gasteiger partial charge is 0.457 e. The van der Waals surface area contributed by atoms with Gasteiger partial charge in [0.1, 0.15) is 0 Å². The van der Waals surface area contributed by atoms with Gasteiger partial charge in [-0.2, -0.15) is 0 Å². The van der Waals surface area contributed by atoms with Crippen molar-refractivity contribution in [1.29, 1.82) is 0 Å². The molecule has 0 unspecified atom stereocenters. The highest BCUT2D eigenvalue weighted by molar-refractivity contribution is 5.99. The fraction of sp³-hybridized carbons (Fsp3) is 0.739. The second-order valence-corrected chi connectivity index (χ2v) is 9.75. The summed E-state index contributed by atoms with van der Waals surface area (Å²) in [6.45, 7) is 5.16. The number of aliphatic hydroxyl groups is 1. The molecule has 0 radical (unpaired) electrons. The van der Waals surface area contributed by atoms with Crippen LogP contribution in [0.25, 0.3) is 0 Å². The Kier molecular flexibility index (Phi) is 5.36. The molecule has 160 valence electrons. The number of carbonyl (C=O) groups excluding carboxylic acids is 2. The maximum atomic E-state index is 13.0. The second-order valence-electron chi connectivity index (χ2n) is 9.75. The predicted molar refractivity (Wildman–Crippen MR) is 108 cm³/mol. The summed E-state index contributed by atoms with van der Waals surface area (Å²) in [5, 5.41) is 10.8. The Morgan fingerprint density at radius 1 is 1.21 bits per heavy atom. The van der Waals surface area contributed by atoms with Crippen LogP contribution in [0.1, 0.15) is 66.7 Å². The van der Waals surface area contributed by atoms with E-state index in [1.165, 1.54) is 0 Å². The van der Waals surface area contributed by atoms with Crippen molar-refractivity contribution < 1.29 is 24.2 Å². The van der Waals surface area contributed by atoms with Crippen LogP contribution < -0.4 is 0 Å². The predicted octanol–water partition coefficient (Wildman–Crippen LogP) is 3.20. The molecule has 4 aliphatic carbocycles. The first-order chi connectivity index (χ1) is 13.8. The lowest BCUT2D eigenvalue weighted by Gasteiger charge is -2.58. The van der Waals surface area contributed by atoms with Crippen molar-refractivity contribution in [2.75, 3.05) is 20.3 Å². The number of Topliss-reactive ketones (excluding diaryl/α,β-unsaturated/α-hetero) is 1. The maximum Gasteiger partial charge on any atom is 0.312 e. The van der Waals surface area contributed by atoms with Crippen molar-refractivity contribution >= 4 is 11.8 Å². The Balaban J connectivity index is 1.40. The molecule has 1 aromatic rings. The van der Waals surface area contributed by atoms with E-state index in [2.05, 4.69) is 4.57 Å². The number of esters is 1. The molecule has 29 heavy (non-hydrogen) atoms. The van der Waals surface area contributed by atoms with Crippen molar-refractivity contribution in [3.63, 3.8) is 0 Å². The molecule has 0 aromatic carbocycles. The van der Waals surface area contributed by atoms with E-state index in [0.717, 1.165) is 56.5 Å². The molecule has 2 atom stereocenters. The van der Waals surface area contributed by atoms with E-state index >= 15 is 0 Å². The molecule has 4 saturated carbocycles. The Labute approximate surface area is 172 Å². The van der Waals surface area contributed by atoms with Crippen molar-refractivity contribution in [1.82, 2.24) is 4.57 Å². The molecule has 0 aliphatic heterocycles. The van der Waals surface area contributed by atoms with E-state index in [4.69, 9.17) is 9.47 Å². The first kappa shape index (κ1) is 20.6. The summed E-state index contributed by atoms with van der Waals surface area (Å²) in [6, 6.07) is 1.88. The van der Waals surface area contributed by atoms with Crippen LogP contribution in [0, 0.1) is 31.1 Å². The standard InChI is InChI=1S/C23H33NO5/c1-15-7-19(16(2)24(15)5-4-6-28-3)20(25)13-29-21(26)22-9-17-8-18(10-22)12-23(27,11-17)14-22/h7,17-18,27H,4-6,8-14H2,1-3H3/t17-,18-,22?,23?/m1/s1. The number of methoxy groups -OCH3 is 1. The van der Waals surface area contributed by atoms with Gasteiger partial charge in [0.05, 0.1) is 11.0 Å². The first-order valence-electron chi connectivity index (χ1n) is 10.8. The van der Waals surface area contributed by atoms with Gasteiger partial charge < -0.3 is 19.1 Å². The maximum absolute atomic E-state index is 13.0. The van der Waals surface area contributed by atoms with Crippen LogP contribution in [-0.2, 0) is 20.8 Å². The molecule has 0 spiro atoms. The summed E-state index contributed by atoms with van der Waals surface area (Å²) in [7, 11) is 1.68. The highest BCUT2D eigenvalue weighted by Crippen LogP contribution is 2.61. The topological polar surface area (TPSA) is 77.8 Å². The molecular weight excluding hydrogens is 370 g/mol. The van der Waals surface area contributed by atoms with E-state index in [9.17, 15) is 14.7 Å². The number of hydrogen-bond acceptors (Lipinski definition) is 5. The number of aryl methyl sites for hydroxylation is 1. The van der Waals surface area contributed by atoms with Crippen LogP contribution in [0.4, 0.5) is 0 Å². The van der Waals surface area contributed by atoms with Crippen LogP contribution in [0.5, 0.6) is 0 Å². The van der Waals surface area contributed by atoms with Crippen LogP contribution in [-0.4, -0.2) is 47.4 Å². The minimum atomic E-state index is -0.708. The minimum Gasteiger partial charge on any atom is -0.457 e. The van der Waals surface area contributed by atoms with Gasteiger partial charge in [-0.05, 0) is 76.7 Å². The average molecular weight is 404 g/mol. The molecule has 1 N–H and O–H groups in total. The van der Waals surface area contributed by atoms with Crippen molar-refractivity contribution in [3.8, 4) is 0 Å². The Morgan fingerprint density at radius 2 is 1.90 bits per heavy atom. The zero-order chi connectivity index (χ0) is 20.8. The minimum absolute atomic E-state index is 0.159. The van der Waals surface area contributed by atoms with E-state index in [1.54, 1.807) is 7.11 Å². The third-order valence-electron chi connectivity index (χ3n) is 7.40. The third-order valence-corrected chi connectivity index (χ3v) is 7.40. The summed E-state index contributed by atoms with van der Waals surface area (Å²) in [6.07, 6.45) is 5.71. The lowest BCUT2D eigenvalue weighted by Crippen LogP contribution is -2.58. The number of nitrogens with zero attached hydrogens (tertiary/aromatic N) is 1.